The van der Waals surface area contributed by atoms with Gasteiger partial charge in [0.1, 0.15) is 18.8 Å². The summed E-state index contributed by atoms with van der Waals surface area (Å²) in [6.45, 7) is 0.363. The first kappa shape index (κ1) is 15.9. The molecule has 9 heteroatoms. The second kappa shape index (κ2) is 5.74. The number of anilines is 1. The van der Waals surface area contributed by atoms with Crippen molar-refractivity contribution in [3.05, 3.63) is 17.7 Å². The number of rotatable bonds is 2. The van der Waals surface area contributed by atoms with Gasteiger partial charge in [-0.15, -0.1) is 0 Å². The Hall–Kier alpha value is -2.45. The Morgan fingerprint density at radius 3 is 2.45 bits per heavy atom. The number of fused-ring (bicyclic) bond motifs is 1. The highest BCUT2D eigenvalue weighted by Gasteiger charge is 2.42. The standard InChI is InChI=1S/C13H12F3NO5/c1-17(12(19)13(14,15)16)7-5-8(11(18)20-2)10-9(6-7)21-3-4-22-10/h5-6H,3-4H2,1-2H3. The predicted molar refractivity (Wildman–Crippen MR) is 68.2 cm³/mol. The summed E-state index contributed by atoms with van der Waals surface area (Å²) in [5.74, 6) is -2.72. The predicted octanol–water partition coefficient (Wildman–Crippen LogP) is 1.77. The van der Waals surface area contributed by atoms with Gasteiger partial charge in [0.15, 0.2) is 11.5 Å². The number of amides is 1. The molecule has 0 aromatic heterocycles. The van der Waals surface area contributed by atoms with Crippen LogP contribution in [0.1, 0.15) is 10.4 Å². The van der Waals surface area contributed by atoms with E-state index in [0.29, 0.717) is 4.90 Å². The van der Waals surface area contributed by atoms with Gasteiger partial charge in [0.2, 0.25) is 0 Å². The summed E-state index contributed by atoms with van der Waals surface area (Å²) in [4.78, 5) is 23.4. The van der Waals surface area contributed by atoms with Crippen molar-refractivity contribution in [1.82, 2.24) is 0 Å². The Morgan fingerprint density at radius 1 is 1.23 bits per heavy atom. The van der Waals surface area contributed by atoms with E-state index in [0.717, 1.165) is 20.2 Å². The van der Waals surface area contributed by atoms with Crippen molar-refractivity contribution in [3.63, 3.8) is 0 Å². The van der Waals surface area contributed by atoms with Gasteiger partial charge in [-0.2, -0.15) is 13.2 Å². The van der Waals surface area contributed by atoms with Gasteiger partial charge in [0, 0.05) is 18.8 Å². The zero-order chi connectivity index (χ0) is 16.5. The molecule has 0 aliphatic carbocycles. The Morgan fingerprint density at radius 2 is 1.86 bits per heavy atom. The minimum absolute atomic E-state index is 0.0750. The molecule has 0 spiro atoms. The third-order valence-corrected chi connectivity index (χ3v) is 2.97. The SMILES string of the molecule is COC(=O)c1cc(N(C)C(=O)C(F)(F)F)cc2c1OCCO2. The van der Waals surface area contributed by atoms with Gasteiger partial charge in [0.05, 0.1) is 7.11 Å². The number of methoxy groups -OCH3 is 1. The number of hydrogen-bond donors (Lipinski definition) is 0. The highest BCUT2D eigenvalue weighted by atomic mass is 19.4. The van der Waals surface area contributed by atoms with Crippen molar-refractivity contribution in [3.8, 4) is 11.5 Å². The normalized spacial score (nSPS) is 13.5. The monoisotopic (exact) mass is 319 g/mol. The smallest absolute Gasteiger partial charge is 0.471 e. The topological polar surface area (TPSA) is 65.1 Å². The van der Waals surface area contributed by atoms with Crippen molar-refractivity contribution in [2.75, 3.05) is 32.3 Å². The second-order valence-electron chi connectivity index (χ2n) is 4.37. The molecule has 1 amide bonds. The third kappa shape index (κ3) is 2.92. The van der Waals surface area contributed by atoms with Gasteiger partial charge in [-0.25, -0.2) is 4.79 Å². The van der Waals surface area contributed by atoms with Crippen LogP contribution >= 0.6 is 0 Å². The lowest BCUT2D eigenvalue weighted by Crippen LogP contribution is -2.38. The molecular formula is C13H12F3NO5. The zero-order valence-corrected chi connectivity index (χ0v) is 11.7. The molecule has 1 aromatic carbocycles. The van der Waals surface area contributed by atoms with E-state index in [1.165, 1.54) is 6.07 Å². The molecule has 0 radical (unpaired) electrons. The van der Waals surface area contributed by atoms with E-state index in [9.17, 15) is 22.8 Å². The fourth-order valence-corrected chi connectivity index (χ4v) is 1.90. The van der Waals surface area contributed by atoms with E-state index in [2.05, 4.69) is 4.74 Å². The van der Waals surface area contributed by atoms with Crippen LogP contribution in [-0.4, -0.2) is 45.4 Å². The first-order valence-electron chi connectivity index (χ1n) is 6.12. The van der Waals surface area contributed by atoms with Crippen molar-refractivity contribution in [2.24, 2.45) is 0 Å². The van der Waals surface area contributed by atoms with E-state index in [-0.39, 0.29) is 36.0 Å². The minimum atomic E-state index is -5.03. The van der Waals surface area contributed by atoms with E-state index < -0.39 is 18.1 Å². The van der Waals surface area contributed by atoms with E-state index in [1.807, 2.05) is 0 Å². The van der Waals surface area contributed by atoms with Crippen LogP contribution in [0.25, 0.3) is 0 Å². The molecule has 1 aliphatic rings. The number of esters is 1. The molecule has 0 fully saturated rings. The second-order valence-corrected chi connectivity index (χ2v) is 4.37. The van der Waals surface area contributed by atoms with Crippen molar-refractivity contribution >= 4 is 17.6 Å². The summed E-state index contributed by atoms with van der Waals surface area (Å²) in [6, 6.07) is 2.29. The Bertz CT molecular complexity index is 614. The quantitative estimate of drug-likeness (QED) is 0.777. The van der Waals surface area contributed by atoms with Crippen LogP contribution < -0.4 is 14.4 Å². The lowest BCUT2D eigenvalue weighted by Gasteiger charge is -2.24. The van der Waals surface area contributed by atoms with Gasteiger partial charge in [-0.1, -0.05) is 0 Å². The van der Waals surface area contributed by atoms with Crippen LogP contribution in [0.2, 0.25) is 0 Å². The number of halogens is 3. The molecule has 120 valence electrons. The van der Waals surface area contributed by atoms with E-state index >= 15 is 0 Å². The first-order valence-corrected chi connectivity index (χ1v) is 6.12. The molecule has 6 nitrogen and oxygen atoms in total. The fourth-order valence-electron chi connectivity index (χ4n) is 1.90. The third-order valence-electron chi connectivity index (χ3n) is 2.97. The van der Waals surface area contributed by atoms with Crippen LogP contribution in [0.15, 0.2) is 12.1 Å². The average Bonchev–Trinajstić information content (AvgIpc) is 2.50. The highest BCUT2D eigenvalue weighted by Crippen LogP contribution is 2.39. The molecule has 0 N–H and O–H groups in total. The van der Waals surface area contributed by atoms with Crippen LogP contribution in [0.4, 0.5) is 18.9 Å². The van der Waals surface area contributed by atoms with Gasteiger partial charge in [0.25, 0.3) is 0 Å². The summed E-state index contributed by atoms with van der Waals surface area (Å²) in [7, 11) is 2.07. The molecule has 1 aromatic rings. The summed E-state index contributed by atoms with van der Waals surface area (Å²) < 4.78 is 52.6. The molecule has 0 saturated heterocycles. The number of nitrogens with zero attached hydrogens (tertiary/aromatic N) is 1. The zero-order valence-electron chi connectivity index (χ0n) is 11.7. The minimum Gasteiger partial charge on any atom is -0.486 e. The van der Waals surface area contributed by atoms with Gasteiger partial charge in [-0.3, -0.25) is 4.79 Å². The Kier molecular flexibility index (Phi) is 4.16. The number of hydrogen-bond acceptors (Lipinski definition) is 5. The van der Waals surface area contributed by atoms with Crippen molar-refractivity contribution in [2.45, 2.75) is 6.18 Å². The number of carbonyl (C=O) groups excluding carboxylic acids is 2. The Labute approximate surface area is 123 Å². The molecule has 2 rings (SSSR count). The van der Waals surface area contributed by atoms with Gasteiger partial charge in [-0.05, 0) is 6.07 Å². The molecule has 1 aliphatic heterocycles. The Balaban J connectivity index is 2.49. The van der Waals surface area contributed by atoms with Crippen molar-refractivity contribution < 1.29 is 37.0 Å². The maximum Gasteiger partial charge on any atom is 0.471 e. The van der Waals surface area contributed by atoms with Gasteiger partial charge >= 0.3 is 18.1 Å². The van der Waals surface area contributed by atoms with Crippen LogP contribution in [-0.2, 0) is 9.53 Å². The summed E-state index contributed by atoms with van der Waals surface area (Å²) in [5, 5.41) is 0. The number of benzene rings is 1. The number of alkyl halides is 3. The van der Waals surface area contributed by atoms with Crippen molar-refractivity contribution in [1.29, 1.82) is 0 Å². The summed E-state index contributed by atoms with van der Waals surface area (Å²) in [6.07, 6.45) is -5.03. The maximum atomic E-state index is 12.5. The van der Waals surface area contributed by atoms with Crippen LogP contribution in [0, 0.1) is 0 Å². The maximum absolute atomic E-state index is 12.5. The molecule has 0 atom stereocenters. The number of ether oxygens (including phenoxy) is 3. The molecule has 22 heavy (non-hydrogen) atoms. The molecule has 0 unspecified atom stereocenters. The highest BCUT2D eigenvalue weighted by molar-refractivity contribution is 6.00. The summed E-state index contributed by atoms with van der Waals surface area (Å²) >= 11 is 0. The lowest BCUT2D eigenvalue weighted by atomic mass is 10.1. The van der Waals surface area contributed by atoms with Crippen LogP contribution in [0.5, 0.6) is 11.5 Å². The van der Waals surface area contributed by atoms with E-state index in [1.54, 1.807) is 0 Å². The average molecular weight is 319 g/mol. The van der Waals surface area contributed by atoms with E-state index in [4.69, 9.17) is 9.47 Å². The molecule has 0 bridgehead atoms. The molecule has 1 heterocycles. The first-order chi connectivity index (χ1) is 10.3. The van der Waals surface area contributed by atoms with Gasteiger partial charge < -0.3 is 19.1 Å². The lowest BCUT2D eigenvalue weighted by molar-refractivity contribution is -0.170. The van der Waals surface area contributed by atoms with Crippen LogP contribution in [0.3, 0.4) is 0 Å². The molecular weight excluding hydrogens is 307 g/mol. The fraction of sp³-hybridized carbons (Fsp3) is 0.385. The largest absolute Gasteiger partial charge is 0.486 e. The molecule has 0 saturated carbocycles. The number of carbonyl (C=O) groups is 2. The summed E-state index contributed by atoms with van der Waals surface area (Å²) in [5.41, 5.74) is -0.275.